The SMILES string of the molecule is CC1(Nc2ccc(C(=O)Nc3cc(-c4ccncc4)ccc3N)cc2)CCN(C(O)N2CCCC2)CC1. The molecule has 0 radical (unpaired) electrons. The van der Waals surface area contributed by atoms with Crippen molar-refractivity contribution >= 4 is 23.0 Å². The van der Waals surface area contributed by atoms with Gasteiger partial charge in [-0.15, -0.1) is 0 Å². The summed E-state index contributed by atoms with van der Waals surface area (Å²) >= 11 is 0. The number of nitrogens with two attached hydrogens (primary N) is 1. The van der Waals surface area contributed by atoms with Gasteiger partial charge in [0.05, 0.1) is 11.4 Å². The number of pyridine rings is 1. The lowest BCUT2D eigenvalue weighted by Crippen LogP contribution is -2.54. The maximum atomic E-state index is 13.0. The molecule has 37 heavy (non-hydrogen) atoms. The third kappa shape index (κ3) is 5.93. The Kier molecular flexibility index (Phi) is 7.41. The first kappa shape index (κ1) is 25.2. The van der Waals surface area contributed by atoms with Crippen LogP contribution in [0, 0.1) is 0 Å². The molecular formula is C29H36N6O2. The summed E-state index contributed by atoms with van der Waals surface area (Å²) in [5.74, 6) is -0.208. The molecule has 1 aromatic heterocycles. The number of amides is 1. The number of likely N-dealkylation sites (tertiary alicyclic amines) is 2. The molecule has 2 aliphatic heterocycles. The fourth-order valence-electron chi connectivity index (χ4n) is 5.21. The number of carbonyl (C=O) groups is 1. The van der Waals surface area contributed by atoms with Gasteiger partial charge in [-0.2, -0.15) is 0 Å². The van der Waals surface area contributed by atoms with Crippen LogP contribution in [0.3, 0.4) is 0 Å². The van der Waals surface area contributed by atoms with Crippen LogP contribution in [0.25, 0.3) is 11.1 Å². The lowest BCUT2D eigenvalue weighted by molar-refractivity contribution is -0.113. The average molecular weight is 501 g/mol. The molecule has 0 spiro atoms. The number of hydrogen-bond donors (Lipinski definition) is 4. The minimum absolute atomic E-state index is 0.0626. The van der Waals surface area contributed by atoms with Crippen molar-refractivity contribution in [3.05, 3.63) is 72.6 Å². The summed E-state index contributed by atoms with van der Waals surface area (Å²) in [7, 11) is 0. The molecule has 2 aromatic carbocycles. The second-order valence-corrected chi connectivity index (χ2v) is 10.4. The van der Waals surface area contributed by atoms with Gasteiger partial charge in [0.1, 0.15) is 0 Å². The van der Waals surface area contributed by atoms with Crippen molar-refractivity contribution < 1.29 is 9.90 Å². The fraction of sp³-hybridized carbons (Fsp3) is 0.379. The van der Waals surface area contributed by atoms with Crippen LogP contribution in [0.15, 0.2) is 67.0 Å². The maximum absolute atomic E-state index is 13.0. The Morgan fingerprint density at radius 1 is 0.946 bits per heavy atom. The fourth-order valence-corrected chi connectivity index (χ4v) is 5.21. The molecule has 2 fully saturated rings. The van der Waals surface area contributed by atoms with E-state index in [0.29, 0.717) is 16.9 Å². The van der Waals surface area contributed by atoms with E-state index >= 15 is 0 Å². The highest BCUT2D eigenvalue weighted by molar-refractivity contribution is 6.06. The predicted molar refractivity (Wildman–Crippen MR) is 148 cm³/mol. The van der Waals surface area contributed by atoms with Gasteiger partial charge in [-0.25, -0.2) is 0 Å². The van der Waals surface area contributed by atoms with E-state index in [9.17, 15) is 9.90 Å². The van der Waals surface area contributed by atoms with Gasteiger partial charge in [0, 0.05) is 55.4 Å². The van der Waals surface area contributed by atoms with E-state index in [1.165, 1.54) is 12.8 Å². The van der Waals surface area contributed by atoms with Gasteiger partial charge in [-0.05, 0) is 92.3 Å². The number of rotatable bonds is 7. The van der Waals surface area contributed by atoms with Crippen molar-refractivity contribution in [2.75, 3.05) is 42.5 Å². The Labute approximate surface area is 218 Å². The number of benzene rings is 2. The zero-order valence-electron chi connectivity index (χ0n) is 21.4. The van der Waals surface area contributed by atoms with Gasteiger partial charge < -0.3 is 21.5 Å². The summed E-state index contributed by atoms with van der Waals surface area (Å²) < 4.78 is 0. The molecule has 0 bridgehead atoms. The van der Waals surface area contributed by atoms with E-state index in [1.807, 2.05) is 48.5 Å². The first-order valence-corrected chi connectivity index (χ1v) is 13.1. The number of piperidine rings is 1. The normalized spacial score (nSPS) is 18.9. The van der Waals surface area contributed by atoms with Crippen molar-refractivity contribution in [1.82, 2.24) is 14.8 Å². The maximum Gasteiger partial charge on any atom is 0.255 e. The zero-order chi connectivity index (χ0) is 25.8. The van der Waals surface area contributed by atoms with Crippen LogP contribution in [-0.2, 0) is 0 Å². The number of anilines is 3. The summed E-state index contributed by atoms with van der Waals surface area (Å²) in [4.78, 5) is 21.4. The molecule has 1 unspecified atom stereocenters. The molecule has 0 saturated carbocycles. The third-order valence-electron chi connectivity index (χ3n) is 7.60. The van der Waals surface area contributed by atoms with Gasteiger partial charge >= 0.3 is 0 Å². The Balaban J connectivity index is 1.18. The smallest absolute Gasteiger partial charge is 0.255 e. The quantitative estimate of drug-likeness (QED) is 0.360. The summed E-state index contributed by atoms with van der Waals surface area (Å²) in [6.45, 7) is 5.89. The van der Waals surface area contributed by atoms with E-state index in [1.54, 1.807) is 18.5 Å². The topological polar surface area (TPSA) is 107 Å². The van der Waals surface area contributed by atoms with Gasteiger partial charge in [-0.3, -0.25) is 19.6 Å². The molecule has 1 amide bonds. The second-order valence-electron chi connectivity index (χ2n) is 10.4. The number of hydrogen-bond acceptors (Lipinski definition) is 7. The molecule has 0 aliphatic carbocycles. The first-order valence-electron chi connectivity index (χ1n) is 13.1. The van der Waals surface area contributed by atoms with Crippen LogP contribution in [0.2, 0.25) is 0 Å². The molecule has 8 nitrogen and oxygen atoms in total. The molecular weight excluding hydrogens is 464 g/mol. The lowest BCUT2D eigenvalue weighted by atomic mass is 9.89. The minimum atomic E-state index is -0.468. The Hall–Kier alpha value is -3.46. The molecule has 3 heterocycles. The first-order chi connectivity index (χ1) is 17.9. The van der Waals surface area contributed by atoms with Gasteiger partial charge in [0.15, 0.2) is 6.35 Å². The Bertz CT molecular complexity index is 1200. The second kappa shape index (κ2) is 10.9. The van der Waals surface area contributed by atoms with Crippen LogP contribution < -0.4 is 16.4 Å². The van der Waals surface area contributed by atoms with Gasteiger partial charge in [-0.1, -0.05) is 6.07 Å². The Morgan fingerprint density at radius 3 is 2.27 bits per heavy atom. The van der Waals surface area contributed by atoms with E-state index < -0.39 is 6.35 Å². The zero-order valence-corrected chi connectivity index (χ0v) is 21.4. The molecule has 8 heteroatoms. The number of aromatic nitrogens is 1. The van der Waals surface area contributed by atoms with Gasteiger partial charge in [0.25, 0.3) is 5.91 Å². The number of aliphatic hydroxyl groups excluding tert-OH is 1. The van der Waals surface area contributed by atoms with Gasteiger partial charge in [0.2, 0.25) is 0 Å². The van der Waals surface area contributed by atoms with Crippen molar-refractivity contribution in [3.8, 4) is 11.1 Å². The van der Waals surface area contributed by atoms with E-state index in [-0.39, 0.29) is 11.4 Å². The molecule has 2 aliphatic rings. The van der Waals surface area contributed by atoms with E-state index in [4.69, 9.17) is 5.73 Å². The highest BCUT2D eigenvalue weighted by Crippen LogP contribution is 2.30. The highest BCUT2D eigenvalue weighted by atomic mass is 16.3. The van der Waals surface area contributed by atoms with Crippen molar-refractivity contribution in [3.63, 3.8) is 0 Å². The van der Waals surface area contributed by atoms with E-state index in [0.717, 1.165) is 55.8 Å². The molecule has 2 saturated heterocycles. The minimum Gasteiger partial charge on any atom is -0.397 e. The highest BCUT2D eigenvalue weighted by Gasteiger charge is 2.34. The van der Waals surface area contributed by atoms with Crippen LogP contribution in [0.5, 0.6) is 0 Å². The third-order valence-corrected chi connectivity index (χ3v) is 7.60. The van der Waals surface area contributed by atoms with Crippen LogP contribution >= 0.6 is 0 Å². The molecule has 3 aromatic rings. The van der Waals surface area contributed by atoms with Crippen molar-refractivity contribution in [2.45, 2.75) is 44.5 Å². The predicted octanol–water partition coefficient (Wildman–Crippen LogP) is 4.22. The number of carbonyl (C=O) groups excluding carboxylic acids is 1. The summed E-state index contributed by atoms with van der Waals surface area (Å²) in [6.07, 6.45) is 7.22. The van der Waals surface area contributed by atoms with Crippen LogP contribution in [0.1, 0.15) is 43.0 Å². The standard InChI is InChI=1S/C29H36N6O2/c1-29(12-18-35(19-13-29)28(37)34-16-2-3-17-34)33-24-7-4-22(5-8-24)27(36)32-26-20-23(6-9-25(26)30)21-10-14-31-15-11-21/h4-11,14-15,20,28,33,37H,2-3,12-13,16-19,30H2,1H3,(H,32,36). The molecule has 5 N–H and O–H groups in total. The monoisotopic (exact) mass is 500 g/mol. The van der Waals surface area contributed by atoms with Crippen molar-refractivity contribution in [2.24, 2.45) is 0 Å². The number of nitrogens with one attached hydrogen (secondary N) is 2. The van der Waals surface area contributed by atoms with Crippen LogP contribution in [-0.4, -0.2) is 63.9 Å². The largest absolute Gasteiger partial charge is 0.397 e. The summed E-state index contributed by atoms with van der Waals surface area (Å²) in [6, 6.07) is 17.0. The number of nitrogen functional groups attached to an aromatic ring is 1. The molecule has 1 atom stereocenters. The van der Waals surface area contributed by atoms with Crippen LogP contribution in [0.4, 0.5) is 17.1 Å². The number of aliphatic hydroxyl groups is 1. The lowest BCUT2D eigenvalue weighted by Gasteiger charge is -2.43. The number of nitrogens with zero attached hydrogens (tertiary/aromatic N) is 3. The van der Waals surface area contributed by atoms with E-state index in [2.05, 4.69) is 32.3 Å². The van der Waals surface area contributed by atoms with Crippen molar-refractivity contribution in [1.29, 1.82) is 0 Å². The molecule has 5 rings (SSSR count). The summed E-state index contributed by atoms with van der Waals surface area (Å²) in [5.41, 5.74) is 10.7. The summed E-state index contributed by atoms with van der Waals surface area (Å²) in [5, 5.41) is 17.3. The average Bonchev–Trinajstić information content (AvgIpc) is 3.46. The Morgan fingerprint density at radius 2 is 1.59 bits per heavy atom. The molecule has 194 valence electrons.